The molecule has 5 rings (SSSR count). The predicted octanol–water partition coefficient (Wildman–Crippen LogP) is 5.24. The van der Waals surface area contributed by atoms with Gasteiger partial charge in [0.1, 0.15) is 18.7 Å². The number of esters is 1. The van der Waals surface area contributed by atoms with Gasteiger partial charge in [0.05, 0.1) is 13.7 Å². The fraction of sp³-hybridized carbons (Fsp3) is 0.206. The Bertz CT molecular complexity index is 1440. The summed E-state index contributed by atoms with van der Waals surface area (Å²) in [5.41, 5.74) is 4.46. The number of fused-ring (bicyclic) bond motifs is 1. The average molecular weight is 549 g/mol. The summed E-state index contributed by atoms with van der Waals surface area (Å²) in [6, 6.07) is 34.2. The number of hydrogen-bond acceptors (Lipinski definition) is 5. The summed E-state index contributed by atoms with van der Waals surface area (Å²) >= 11 is 0. The summed E-state index contributed by atoms with van der Waals surface area (Å²) < 4.78 is 10.8. The highest BCUT2D eigenvalue weighted by Crippen LogP contribution is 2.30. The Morgan fingerprint density at radius 2 is 1.32 bits per heavy atom. The molecule has 7 nitrogen and oxygen atoms in total. The number of hydrogen-bond donors (Lipinski definition) is 1. The van der Waals surface area contributed by atoms with Gasteiger partial charge in [0.25, 0.3) is 0 Å². The molecule has 0 radical (unpaired) electrons. The van der Waals surface area contributed by atoms with E-state index in [1.54, 1.807) is 0 Å². The van der Waals surface area contributed by atoms with Crippen molar-refractivity contribution in [2.45, 2.75) is 37.6 Å². The normalized spacial score (nSPS) is 15.0. The molecule has 1 aliphatic heterocycles. The van der Waals surface area contributed by atoms with Crippen molar-refractivity contribution in [2.24, 2.45) is 0 Å². The van der Waals surface area contributed by atoms with Crippen LogP contribution in [-0.4, -0.2) is 42.1 Å². The van der Waals surface area contributed by atoms with E-state index in [-0.39, 0.29) is 19.6 Å². The molecule has 41 heavy (non-hydrogen) atoms. The van der Waals surface area contributed by atoms with Crippen LogP contribution in [0.15, 0.2) is 115 Å². The van der Waals surface area contributed by atoms with Crippen molar-refractivity contribution in [2.75, 3.05) is 7.11 Å². The number of carbonyl (C=O) groups is 3. The first-order valence-corrected chi connectivity index (χ1v) is 13.6. The molecule has 1 aliphatic rings. The molecule has 0 saturated heterocycles. The van der Waals surface area contributed by atoms with Gasteiger partial charge >= 0.3 is 12.1 Å². The fourth-order valence-corrected chi connectivity index (χ4v) is 5.30. The van der Waals surface area contributed by atoms with E-state index >= 15 is 0 Å². The summed E-state index contributed by atoms with van der Waals surface area (Å²) in [4.78, 5) is 42.1. The zero-order chi connectivity index (χ0) is 28.6. The lowest BCUT2D eigenvalue weighted by molar-refractivity contribution is -0.146. The number of carbonyl (C=O) groups excluding carboxylic acids is 3. The van der Waals surface area contributed by atoms with Crippen molar-refractivity contribution in [3.8, 4) is 0 Å². The minimum absolute atomic E-state index is 0.0844. The fourth-order valence-electron chi connectivity index (χ4n) is 5.30. The number of amides is 2. The zero-order valence-corrected chi connectivity index (χ0v) is 22.8. The van der Waals surface area contributed by atoms with Gasteiger partial charge in [0.2, 0.25) is 5.91 Å². The zero-order valence-electron chi connectivity index (χ0n) is 22.8. The number of benzene rings is 4. The Morgan fingerprint density at radius 1 is 0.780 bits per heavy atom. The second-order valence-electron chi connectivity index (χ2n) is 9.97. The number of rotatable bonds is 8. The van der Waals surface area contributed by atoms with Crippen LogP contribution in [0.5, 0.6) is 0 Å². The van der Waals surface area contributed by atoms with E-state index in [4.69, 9.17) is 9.47 Å². The summed E-state index contributed by atoms with van der Waals surface area (Å²) in [5.74, 6) is -1.54. The van der Waals surface area contributed by atoms with Gasteiger partial charge in [-0.2, -0.15) is 0 Å². The summed E-state index contributed by atoms with van der Waals surface area (Å²) in [6.45, 7) is 0.298. The molecule has 4 aromatic rings. The Balaban J connectivity index is 1.45. The molecule has 0 aliphatic carbocycles. The van der Waals surface area contributed by atoms with Crippen molar-refractivity contribution in [1.29, 1.82) is 0 Å². The van der Waals surface area contributed by atoms with Crippen LogP contribution >= 0.6 is 0 Å². The highest BCUT2D eigenvalue weighted by molar-refractivity contribution is 5.91. The largest absolute Gasteiger partial charge is 0.467 e. The van der Waals surface area contributed by atoms with Crippen LogP contribution in [0.4, 0.5) is 4.79 Å². The summed E-state index contributed by atoms with van der Waals surface area (Å²) in [6.07, 6.45) is -0.307. The molecule has 208 valence electrons. The first-order chi connectivity index (χ1) is 20.0. The molecule has 1 N–H and O–H groups in total. The first kappa shape index (κ1) is 27.6. The summed E-state index contributed by atoms with van der Waals surface area (Å²) in [5, 5.41) is 2.96. The van der Waals surface area contributed by atoms with Crippen molar-refractivity contribution < 1.29 is 23.9 Å². The number of nitrogens with zero attached hydrogens (tertiary/aromatic N) is 1. The van der Waals surface area contributed by atoms with Crippen LogP contribution < -0.4 is 5.32 Å². The highest BCUT2D eigenvalue weighted by atomic mass is 16.6. The quantitative estimate of drug-likeness (QED) is 0.305. The van der Waals surface area contributed by atoms with Crippen LogP contribution in [0.2, 0.25) is 0 Å². The van der Waals surface area contributed by atoms with Gasteiger partial charge in [0.15, 0.2) is 0 Å². The third-order valence-corrected chi connectivity index (χ3v) is 7.39. The minimum atomic E-state index is -1.03. The van der Waals surface area contributed by atoms with Gasteiger partial charge < -0.3 is 14.8 Å². The van der Waals surface area contributed by atoms with Gasteiger partial charge in [-0.15, -0.1) is 0 Å². The van der Waals surface area contributed by atoms with E-state index in [1.165, 1.54) is 12.0 Å². The maximum atomic E-state index is 14.0. The first-order valence-electron chi connectivity index (χ1n) is 13.6. The van der Waals surface area contributed by atoms with Crippen molar-refractivity contribution in [3.05, 3.63) is 143 Å². The Kier molecular flexibility index (Phi) is 8.74. The molecule has 0 spiro atoms. The van der Waals surface area contributed by atoms with Crippen LogP contribution in [0.3, 0.4) is 0 Å². The van der Waals surface area contributed by atoms with Crippen LogP contribution in [0, 0.1) is 0 Å². The second-order valence-corrected chi connectivity index (χ2v) is 9.97. The second kappa shape index (κ2) is 13.0. The molecule has 2 amide bonds. The van der Waals surface area contributed by atoms with Gasteiger partial charge in [0, 0.05) is 12.3 Å². The van der Waals surface area contributed by atoms with E-state index in [9.17, 15) is 14.4 Å². The molecule has 7 heteroatoms. The third kappa shape index (κ3) is 6.47. The lowest BCUT2D eigenvalue weighted by atomic mass is 9.84. The SMILES string of the molecule is COC(=O)[C@H](NC(=O)[C@@H]1Cc2ccccc2CN1C(=O)OCc1ccccc1)C(c1ccccc1)c1ccccc1. The molecule has 2 atom stereocenters. The lowest BCUT2D eigenvalue weighted by Crippen LogP contribution is -2.56. The van der Waals surface area contributed by atoms with Crippen LogP contribution in [0.1, 0.15) is 33.7 Å². The van der Waals surface area contributed by atoms with E-state index in [0.717, 1.165) is 27.8 Å². The molecule has 1 heterocycles. The van der Waals surface area contributed by atoms with Crippen LogP contribution in [0.25, 0.3) is 0 Å². The average Bonchev–Trinajstić information content (AvgIpc) is 3.03. The lowest BCUT2D eigenvalue weighted by Gasteiger charge is -2.36. The highest BCUT2D eigenvalue weighted by Gasteiger charge is 2.40. The summed E-state index contributed by atoms with van der Waals surface area (Å²) in [7, 11) is 1.30. The number of methoxy groups -OCH3 is 1. The van der Waals surface area contributed by atoms with Gasteiger partial charge in [-0.3, -0.25) is 9.69 Å². The van der Waals surface area contributed by atoms with Gasteiger partial charge in [-0.05, 0) is 27.8 Å². The maximum Gasteiger partial charge on any atom is 0.411 e. The van der Waals surface area contributed by atoms with Gasteiger partial charge in [-0.25, -0.2) is 9.59 Å². The Morgan fingerprint density at radius 3 is 1.90 bits per heavy atom. The Labute approximate surface area is 239 Å². The smallest absolute Gasteiger partial charge is 0.411 e. The van der Waals surface area contributed by atoms with E-state index in [1.807, 2.05) is 115 Å². The molecule has 0 bridgehead atoms. The van der Waals surface area contributed by atoms with Crippen LogP contribution in [-0.2, 0) is 38.6 Å². The topological polar surface area (TPSA) is 84.9 Å². The molecule has 0 fully saturated rings. The number of nitrogens with one attached hydrogen (secondary N) is 1. The molecule has 0 unspecified atom stereocenters. The third-order valence-electron chi connectivity index (χ3n) is 7.39. The van der Waals surface area contributed by atoms with E-state index in [0.29, 0.717) is 0 Å². The van der Waals surface area contributed by atoms with Gasteiger partial charge in [-0.1, -0.05) is 115 Å². The minimum Gasteiger partial charge on any atom is -0.467 e. The molecule has 0 saturated carbocycles. The van der Waals surface area contributed by atoms with Crippen molar-refractivity contribution in [3.63, 3.8) is 0 Å². The standard InChI is InChI=1S/C34H32N2O5/c1-40-33(38)31(30(25-15-7-3-8-16-25)26-17-9-4-10-18-26)35-32(37)29-21-27-19-11-12-20-28(27)22-36(29)34(39)41-23-24-13-5-2-6-14-24/h2-20,29-31H,21-23H2,1H3,(H,35,37)/t29-,31+/m0/s1. The maximum absolute atomic E-state index is 14.0. The number of ether oxygens (including phenoxy) is 2. The molecule has 4 aromatic carbocycles. The monoisotopic (exact) mass is 548 g/mol. The molecular formula is C34H32N2O5. The van der Waals surface area contributed by atoms with Crippen molar-refractivity contribution in [1.82, 2.24) is 10.2 Å². The van der Waals surface area contributed by atoms with E-state index in [2.05, 4.69) is 5.32 Å². The van der Waals surface area contributed by atoms with E-state index < -0.39 is 36.0 Å². The predicted molar refractivity (Wildman–Crippen MR) is 155 cm³/mol. The molecule has 0 aromatic heterocycles. The Hall–Kier alpha value is -4.91. The molecular weight excluding hydrogens is 516 g/mol. The van der Waals surface area contributed by atoms with Crippen molar-refractivity contribution >= 4 is 18.0 Å².